The van der Waals surface area contributed by atoms with E-state index >= 15 is 0 Å². The average Bonchev–Trinajstić information content (AvgIpc) is 2.66. The minimum Gasteiger partial charge on any atom is -0.481 e. The number of carbonyl (C=O) groups excluding carboxylic acids is 2. The van der Waals surface area contributed by atoms with E-state index in [2.05, 4.69) is 27.7 Å². The molecule has 8 nitrogen and oxygen atoms in total. The number of rotatable bonds is 8. The molecule has 2 rings (SSSR count). The molecular weight excluding hydrogens is 336 g/mol. The SMILES string of the molecule is O=C(O)CCCNC(=O)NCCC(=O)N1CCN(c2ccccc2)CC1. The molecule has 3 N–H and O–H groups in total. The zero-order valence-electron chi connectivity index (χ0n) is 14.8. The van der Waals surface area contributed by atoms with Gasteiger partial charge in [0.05, 0.1) is 0 Å². The Hall–Kier alpha value is -2.77. The number of carbonyl (C=O) groups is 3. The van der Waals surface area contributed by atoms with Crippen molar-refractivity contribution >= 4 is 23.6 Å². The summed E-state index contributed by atoms with van der Waals surface area (Å²) in [7, 11) is 0. The number of carboxylic acids is 1. The maximum absolute atomic E-state index is 12.2. The summed E-state index contributed by atoms with van der Waals surface area (Å²) < 4.78 is 0. The van der Waals surface area contributed by atoms with Crippen molar-refractivity contribution in [3.63, 3.8) is 0 Å². The lowest BCUT2D eigenvalue weighted by Crippen LogP contribution is -2.49. The molecule has 142 valence electrons. The summed E-state index contributed by atoms with van der Waals surface area (Å²) in [6.45, 7) is 3.51. The highest BCUT2D eigenvalue weighted by atomic mass is 16.4. The van der Waals surface area contributed by atoms with Crippen molar-refractivity contribution in [3.8, 4) is 0 Å². The molecule has 3 amide bonds. The number of piperazine rings is 1. The van der Waals surface area contributed by atoms with Gasteiger partial charge in [0.25, 0.3) is 0 Å². The molecule has 8 heteroatoms. The quantitative estimate of drug-likeness (QED) is 0.596. The van der Waals surface area contributed by atoms with E-state index in [4.69, 9.17) is 5.11 Å². The molecule has 1 aliphatic rings. The summed E-state index contributed by atoms with van der Waals surface area (Å²) in [5.74, 6) is -0.853. The monoisotopic (exact) mass is 362 g/mol. The van der Waals surface area contributed by atoms with E-state index in [1.54, 1.807) is 0 Å². The summed E-state index contributed by atoms with van der Waals surface area (Å²) in [5, 5.41) is 13.7. The number of para-hydroxylation sites is 1. The van der Waals surface area contributed by atoms with Crippen molar-refractivity contribution < 1.29 is 19.5 Å². The van der Waals surface area contributed by atoms with E-state index < -0.39 is 5.97 Å². The van der Waals surface area contributed by atoms with E-state index in [1.165, 1.54) is 5.69 Å². The van der Waals surface area contributed by atoms with Crippen molar-refractivity contribution in [2.75, 3.05) is 44.2 Å². The smallest absolute Gasteiger partial charge is 0.314 e. The lowest BCUT2D eigenvalue weighted by Gasteiger charge is -2.36. The number of amides is 3. The van der Waals surface area contributed by atoms with Gasteiger partial charge in [0.15, 0.2) is 0 Å². The fourth-order valence-electron chi connectivity index (χ4n) is 2.80. The van der Waals surface area contributed by atoms with Gasteiger partial charge in [-0.15, -0.1) is 0 Å². The normalized spacial score (nSPS) is 14.0. The van der Waals surface area contributed by atoms with Gasteiger partial charge in [-0.25, -0.2) is 4.79 Å². The molecule has 0 aliphatic carbocycles. The van der Waals surface area contributed by atoms with Crippen LogP contribution in [0.2, 0.25) is 0 Å². The van der Waals surface area contributed by atoms with Crippen molar-refractivity contribution in [1.82, 2.24) is 15.5 Å². The lowest BCUT2D eigenvalue weighted by atomic mass is 10.2. The number of nitrogens with one attached hydrogen (secondary N) is 2. The van der Waals surface area contributed by atoms with E-state index in [9.17, 15) is 14.4 Å². The number of nitrogens with zero attached hydrogens (tertiary/aromatic N) is 2. The van der Waals surface area contributed by atoms with Crippen molar-refractivity contribution in [2.24, 2.45) is 0 Å². The summed E-state index contributed by atoms with van der Waals surface area (Å²) >= 11 is 0. The third kappa shape index (κ3) is 6.62. The Morgan fingerprint density at radius 1 is 0.923 bits per heavy atom. The van der Waals surface area contributed by atoms with Gasteiger partial charge in [0, 0.05) is 57.8 Å². The number of urea groups is 1. The van der Waals surface area contributed by atoms with Crippen LogP contribution in [0.3, 0.4) is 0 Å². The Kier molecular flexibility index (Phi) is 7.73. The highest BCUT2D eigenvalue weighted by Gasteiger charge is 2.20. The molecule has 1 fully saturated rings. The average molecular weight is 362 g/mol. The molecule has 0 aromatic heterocycles. The molecule has 0 spiro atoms. The van der Waals surface area contributed by atoms with E-state index in [0.717, 1.165) is 13.1 Å². The van der Waals surface area contributed by atoms with Gasteiger partial charge in [-0.3, -0.25) is 9.59 Å². The first kappa shape index (κ1) is 19.6. The molecule has 1 heterocycles. The Bertz CT molecular complexity index is 600. The minimum absolute atomic E-state index is 0.0216. The Balaban J connectivity index is 1.59. The highest BCUT2D eigenvalue weighted by molar-refractivity contribution is 5.78. The van der Waals surface area contributed by atoms with Gasteiger partial charge in [0.1, 0.15) is 0 Å². The maximum atomic E-state index is 12.2. The van der Waals surface area contributed by atoms with Crippen LogP contribution in [0.15, 0.2) is 30.3 Å². The number of benzene rings is 1. The first-order valence-corrected chi connectivity index (χ1v) is 8.87. The van der Waals surface area contributed by atoms with Crippen LogP contribution in [0.4, 0.5) is 10.5 Å². The summed E-state index contributed by atoms with van der Waals surface area (Å²) in [6, 6.07) is 9.75. The van der Waals surface area contributed by atoms with Crippen LogP contribution in [0, 0.1) is 0 Å². The molecule has 0 bridgehead atoms. The van der Waals surface area contributed by atoms with Crippen LogP contribution >= 0.6 is 0 Å². The van der Waals surface area contributed by atoms with Crippen molar-refractivity contribution in [2.45, 2.75) is 19.3 Å². The first-order chi connectivity index (χ1) is 12.6. The van der Waals surface area contributed by atoms with E-state index in [1.807, 2.05) is 23.1 Å². The van der Waals surface area contributed by atoms with Crippen molar-refractivity contribution in [3.05, 3.63) is 30.3 Å². The predicted molar refractivity (Wildman–Crippen MR) is 98.1 cm³/mol. The molecule has 0 saturated carbocycles. The topological polar surface area (TPSA) is 102 Å². The van der Waals surface area contributed by atoms with E-state index in [0.29, 0.717) is 26.1 Å². The van der Waals surface area contributed by atoms with E-state index in [-0.39, 0.29) is 31.3 Å². The molecule has 1 aliphatic heterocycles. The molecule has 0 atom stereocenters. The second kappa shape index (κ2) is 10.3. The van der Waals surface area contributed by atoms with Crippen LogP contribution in [0.25, 0.3) is 0 Å². The fourth-order valence-corrected chi connectivity index (χ4v) is 2.80. The lowest BCUT2D eigenvalue weighted by molar-refractivity contribution is -0.137. The van der Waals surface area contributed by atoms with Gasteiger partial charge < -0.3 is 25.5 Å². The zero-order valence-corrected chi connectivity index (χ0v) is 14.8. The number of anilines is 1. The number of aliphatic carboxylic acids is 1. The Morgan fingerprint density at radius 3 is 2.23 bits per heavy atom. The molecule has 1 aromatic rings. The molecule has 0 unspecified atom stereocenters. The summed E-state index contributed by atoms with van der Waals surface area (Å²) in [6.07, 6.45) is 0.662. The standard InChI is InChI=1S/C18H26N4O4/c23-16(8-10-20-18(26)19-9-4-7-17(24)25)22-13-11-21(12-14-22)15-5-2-1-3-6-15/h1-3,5-6H,4,7-14H2,(H,24,25)(H2,19,20,26). The number of hydrogen-bond donors (Lipinski definition) is 3. The fraction of sp³-hybridized carbons (Fsp3) is 0.500. The van der Waals surface area contributed by atoms with Gasteiger partial charge in [0.2, 0.25) is 5.91 Å². The molecule has 1 aromatic carbocycles. The van der Waals surface area contributed by atoms with Crippen LogP contribution < -0.4 is 15.5 Å². The first-order valence-electron chi connectivity index (χ1n) is 8.87. The maximum Gasteiger partial charge on any atom is 0.314 e. The van der Waals surface area contributed by atoms with Crippen LogP contribution in [-0.4, -0.2) is 67.2 Å². The van der Waals surface area contributed by atoms with Gasteiger partial charge in [-0.2, -0.15) is 0 Å². The summed E-state index contributed by atoms with van der Waals surface area (Å²) in [4.78, 5) is 38.2. The van der Waals surface area contributed by atoms with Crippen molar-refractivity contribution in [1.29, 1.82) is 0 Å². The van der Waals surface area contributed by atoms with Crippen LogP contribution in [0.5, 0.6) is 0 Å². The summed E-state index contributed by atoms with van der Waals surface area (Å²) in [5.41, 5.74) is 1.17. The van der Waals surface area contributed by atoms with Gasteiger partial charge in [-0.1, -0.05) is 18.2 Å². The number of carboxylic acid groups (broad SMARTS) is 1. The molecule has 1 saturated heterocycles. The Labute approximate surface area is 153 Å². The second-order valence-corrected chi connectivity index (χ2v) is 6.13. The van der Waals surface area contributed by atoms with Gasteiger partial charge in [-0.05, 0) is 18.6 Å². The predicted octanol–water partition coefficient (Wildman–Crippen LogP) is 0.889. The largest absolute Gasteiger partial charge is 0.481 e. The highest BCUT2D eigenvalue weighted by Crippen LogP contribution is 2.15. The third-order valence-electron chi connectivity index (χ3n) is 4.23. The van der Waals surface area contributed by atoms with Crippen LogP contribution in [-0.2, 0) is 9.59 Å². The second-order valence-electron chi connectivity index (χ2n) is 6.13. The molecule has 26 heavy (non-hydrogen) atoms. The third-order valence-corrected chi connectivity index (χ3v) is 4.23. The van der Waals surface area contributed by atoms with Gasteiger partial charge >= 0.3 is 12.0 Å². The minimum atomic E-state index is -0.884. The molecule has 0 radical (unpaired) electrons. The number of hydrogen-bond acceptors (Lipinski definition) is 4. The Morgan fingerprint density at radius 2 is 1.58 bits per heavy atom. The molecular formula is C18H26N4O4. The zero-order chi connectivity index (χ0) is 18.8. The van der Waals surface area contributed by atoms with Crippen LogP contribution in [0.1, 0.15) is 19.3 Å².